The first kappa shape index (κ1) is 21.1. The van der Waals surface area contributed by atoms with E-state index in [1.165, 1.54) is 5.56 Å². The minimum absolute atomic E-state index is 0.0579. The van der Waals surface area contributed by atoms with Crippen molar-refractivity contribution < 1.29 is 24.1 Å². The molecule has 0 saturated carbocycles. The highest BCUT2D eigenvalue weighted by Gasteiger charge is 2.28. The summed E-state index contributed by atoms with van der Waals surface area (Å²) in [7, 11) is 3.22. The zero-order valence-corrected chi connectivity index (χ0v) is 17.4. The molecule has 1 N–H and O–H groups in total. The molecule has 5 heteroatoms. The molecule has 1 aliphatic rings. The predicted octanol–water partition coefficient (Wildman–Crippen LogP) is 4.99. The number of carboxylic acids is 1. The van der Waals surface area contributed by atoms with Crippen LogP contribution in [0.3, 0.4) is 0 Å². The van der Waals surface area contributed by atoms with E-state index in [0.29, 0.717) is 6.42 Å². The molecular formula is C24H28O5. The third-order valence-electron chi connectivity index (χ3n) is 5.47. The smallest absolute Gasteiger partial charge is 0.335 e. The monoisotopic (exact) mass is 396 g/mol. The maximum Gasteiger partial charge on any atom is 0.335 e. The van der Waals surface area contributed by atoms with Gasteiger partial charge in [0.25, 0.3) is 0 Å². The van der Waals surface area contributed by atoms with Gasteiger partial charge in [-0.1, -0.05) is 38.1 Å². The largest absolute Gasteiger partial charge is 0.493 e. The van der Waals surface area contributed by atoms with Crippen LogP contribution in [0, 0.1) is 0 Å². The van der Waals surface area contributed by atoms with Gasteiger partial charge in [-0.3, -0.25) is 0 Å². The molecule has 0 radical (unpaired) electrons. The Morgan fingerprint density at radius 1 is 1.14 bits per heavy atom. The molecule has 1 heterocycles. The van der Waals surface area contributed by atoms with Gasteiger partial charge in [-0.2, -0.15) is 0 Å². The number of aromatic carboxylic acids is 1. The lowest BCUT2D eigenvalue weighted by Crippen LogP contribution is -2.26. The third-order valence-corrected chi connectivity index (χ3v) is 5.47. The molecule has 154 valence electrons. The van der Waals surface area contributed by atoms with Crippen molar-refractivity contribution in [1.82, 2.24) is 0 Å². The quantitative estimate of drug-likeness (QED) is 0.527. The second-order valence-electron chi connectivity index (χ2n) is 7.90. The summed E-state index contributed by atoms with van der Waals surface area (Å²) in [6, 6.07) is 13.1. The molecule has 0 spiro atoms. The first-order valence-electron chi connectivity index (χ1n) is 9.71. The number of rotatable bonds is 7. The van der Waals surface area contributed by atoms with Crippen molar-refractivity contribution in [1.29, 1.82) is 0 Å². The van der Waals surface area contributed by atoms with Crippen LogP contribution in [0.15, 0.2) is 42.5 Å². The van der Waals surface area contributed by atoms with Gasteiger partial charge in [0.15, 0.2) is 6.29 Å². The standard InChI is InChI=1S/C24H28O5/c1-24(2)11-12-29-21-10-5-16(14-20(21)24)13-19(15-22(27-3)28-4)17-6-8-18(9-7-17)23(25)26/h5-10,13-14,22H,11-12,15H2,1-4H3,(H,25,26)/b19-13-. The van der Waals surface area contributed by atoms with Crippen LogP contribution in [-0.4, -0.2) is 38.2 Å². The van der Waals surface area contributed by atoms with Crippen LogP contribution in [0.5, 0.6) is 5.75 Å². The molecule has 3 rings (SSSR count). The van der Waals surface area contributed by atoms with E-state index < -0.39 is 12.3 Å². The summed E-state index contributed by atoms with van der Waals surface area (Å²) >= 11 is 0. The first-order valence-corrected chi connectivity index (χ1v) is 9.71. The van der Waals surface area contributed by atoms with E-state index >= 15 is 0 Å². The molecule has 1 aliphatic heterocycles. The Morgan fingerprint density at radius 2 is 1.79 bits per heavy atom. The molecule has 0 atom stereocenters. The van der Waals surface area contributed by atoms with Crippen LogP contribution >= 0.6 is 0 Å². The van der Waals surface area contributed by atoms with Gasteiger partial charge >= 0.3 is 5.97 Å². The number of carboxylic acid groups (broad SMARTS) is 1. The topological polar surface area (TPSA) is 65.0 Å². The SMILES string of the molecule is COC(C/C(=C/c1ccc2c(c1)C(C)(C)CCO2)c1ccc(C(=O)O)cc1)OC. The molecular weight excluding hydrogens is 368 g/mol. The van der Waals surface area contributed by atoms with Gasteiger partial charge in [-0.25, -0.2) is 4.79 Å². The van der Waals surface area contributed by atoms with Gasteiger partial charge in [0.2, 0.25) is 0 Å². The Hall–Kier alpha value is -2.63. The van der Waals surface area contributed by atoms with Crippen LogP contribution in [0.4, 0.5) is 0 Å². The van der Waals surface area contributed by atoms with Gasteiger partial charge < -0.3 is 19.3 Å². The second kappa shape index (κ2) is 8.80. The van der Waals surface area contributed by atoms with Gasteiger partial charge in [0.1, 0.15) is 5.75 Å². The molecule has 0 unspecified atom stereocenters. The summed E-state index contributed by atoms with van der Waals surface area (Å²) in [5.41, 5.74) is 4.52. The molecule has 0 aromatic heterocycles. The number of ether oxygens (including phenoxy) is 3. The molecule has 2 aromatic carbocycles. The lowest BCUT2D eigenvalue weighted by molar-refractivity contribution is -0.0970. The normalized spacial score (nSPS) is 15.7. The molecule has 2 aromatic rings. The Morgan fingerprint density at radius 3 is 2.41 bits per heavy atom. The predicted molar refractivity (Wildman–Crippen MR) is 113 cm³/mol. The summed E-state index contributed by atoms with van der Waals surface area (Å²) in [4.78, 5) is 11.2. The van der Waals surface area contributed by atoms with E-state index in [0.717, 1.165) is 35.5 Å². The van der Waals surface area contributed by atoms with Crippen molar-refractivity contribution in [2.75, 3.05) is 20.8 Å². The van der Waals surface area contributed by atoms with Gasteiger partial charge in [0.05, 0.1) is 12.2 Å². The summed E-state index contributed by atoms with van der Waals surface area (Å²) < 4.78 is 16.6. The number of carbonyl (C=O) groups is 1. The van der Waals surface area contributed by atoms with Crippen LogP contribution < -0.4 is 4.74 Å². The van der Waals surface area contributed by atoms with E-state index in [9.17, 15) is 4.79 Å². The minimum atomic E-state index is -0.939. The molecule has 0 bridgehead atoms. The number of fused-ring (bicyclic) bond motifs is 1. The number of benzene rings is 2. The molecule has 0 amide bonds. The van der Waals surface area contributed by atoms with Crippen molar-refractivity contribution >= 4 is 17.6 Å². The molecule has 0 aliphatic carbocycles. The zero-order chi connectivity index (χ0) is 21.0. The number of hydrogen-bond donors (Lipinski definition) is 1. The van der Waals surface area contributed by atoms with E-state index in [-0.39, 0.29) is 11.0 Å². The molecule has 0 saturated heterocycles. The fraction of sp³-hybridized carbons (Fsp3) is 0.375. The van der Waals surface area contributed by atoms with Crippen LogP contribution in [-0.2, 0) is 14.9 Å². The first-order chi connectivity index (χ1) is 13.8. The van der Waals surface area contributed by atoms with Gasteiger partial charge in [0, 0.05) is 26.2 Å². The summed E-state index contributed by atoms with van der Waals surface area (Å²) in [5, 5.41) is 9.17. The maximum atomic E-state index is 11.2. The Bertz CT molecular complexity index is 892. The average molecular weight is 396 g/mol. The highest BCUT2D eigenvalue weighted by atomic mass is 16.7. The Labute approximate surface area is 171 Å². The number of hydrogen-bond acceptors (Lipinski definition) is 4. The van der Waals surface area contributed by atoms with E-state index in [2.05, 4.69) is 26.0 Å². The van der Waals surface area contributed by atoms with Crippen LogP contribution in [0.25, 0.3) is 11.6 Å². The lowest BCUT2D eigenvalue weighted by atomic mass is 9.79. The van der Waals surface area contributed by atoms with E-state index in [4.69, 9.17) is 19.3 Å². The fourth-order valence-corrected chi connectivity index (χ4v) is 3.57. The average Bonchev–Trinajstić information content (AvgIpc) is 2.71. The summed E-state index contributed by atoms with van der Waals surface area (Å²) in [6.45, 7) is 5.21. The molecule has 5 nitrogen and oxygen atoms in total. The molecule has 29 heavy (non-hydrogen) atoms. The van der Waals surface area contributed by atoms with Crippen LogP contribution in [0.1, 0.15) is 53.7 Å². The van der Waals surface area contributed by atoms with E-state index in [1.807, 2.05) is 24.3 Å². The maximum absolute atomic E-state index is 11.2. The Balaban J connectivity index is 2.01. The van der Waals surface area contributed by atoms with Crippen LogP contribution in [0.2, 0.25) is 0 Å². The fourth-order valence-electron chi connectivity index (χ4n) is 3.57. The Kier molecular flexibility index (Phi) is 6.40. The zero-order valence-electron chi connectivity index (χ0n) is 17.4. The second-order valence-corrected chi connectivity index (χ2v) is 7.90. The lowest BCUT2D eigenvalue weighted by Gasteiger charge is -2.32. The highest BCUT2D eigenvalue weighted by Crippen LogP contribution is 2.39. The van der Waals surface area contributed by atoms with Crippen molar-refractivity contribution in [2.24, 2.45) is 0 Å². The summed E-state index contributed by atoms with van der Waals surface area (Å²) in [5.74, 6) is 0.00285. The van der Waals surface area contributed by atoms with Crippen molar-refractivity contribution in [2.45, 2.75) is 38.4 Å². The van der Waals surface area contributed by atoms with Crippen molar-refractivity contribution in [3.05, 3.63) is 64.7 Å². The minimum Gasteiger partial charge on any atom is -0.493 e. The third kappa shape index (κ3) is 4.86. The van der Waals surface area contributed by atoms with Gasteiger partial charge in [-0.15, -0.1) is 0 Å². The van der Waals surface area contributed by atoms with Gasteiger partial charge in [-0.05, 0) is 52.8 Å². The summed E-state index contributed by atoms with van der Waals surface area (Å²) in [6.07, 6.45) is 3.23. The van der Waals surface area contributed by atoms with Crippen molar-refractivity contribution in [3.8, 4) is 5.75 Å². The van der Waals surface area contributed by atoms with E-state index in [1.54, 1.807) is 26.4 Å². The number of methoxy groups -OCH3 is 2. The van der Waals surface area contributed by atoms with Crippen molar-refractivity contribution in [3.63, 3.8) is 0 Å². The highest BCUT2D eigenvalue weighted by molar-refractivity contribution is 5.89. The molecule has 0 fully saturated rings.